The summed E-state index contributed by atoms with van der Waals surface area (Å²) in [6.07, 6.45) is 1.78. The Morgan fingerprint density at radius 3 is 2.90 bits per heavy atom. The number of hydrogen-bond donors (Lipinski definition) is 3. The van der Waals surface area contributed by atoms with E-state index in [0.29, 0.717) is 12.5 Å². The summed E-state index contributed by atoms with van der Waals surface area (Å²) >= 11 is 0. The van der Waals surface area contributed by atoms with E-state index in [9.17, 15) is 9.90 Å². The van der Waals surface area contributed by atoms with Crippen LogP contribution in [0.5, 0.6) is 0 Å². The number of amides is 2. The Kier molecular flexibility index (Phi) is 5.59. The van der Waals surface area contributed by atoms with E-state index in [1.54, 1.807) is 0 Å². The van der Waals surface area contributed by atoms with E-state index in [2.05, 4.69) is 10.6 Å². The van der Waals surface area contributed by atoms with Crippen LogP contribution in [0.25, 0.3) is 0 Å². The Balaban J connectivity index is 1.67. The van der Waals surface area contributed by atoms with E-state index in [-0.39, 0.29) is 19.2 Å². The average Bonchev–Trinajstić information content (AvgIpc) is 3.25. The SMILES string of the molecule is Cc1ccc(C)c(NC(=O)NCC(O)COCC2CC2)c1. The van der Waals surface area contributed by atoms with Gasteiger partial charge in [0.15, 0.2) is 0 Å². The van der Waals surface area contributed by atoms with Gasteiger partial charge in [-0.3, -0.25) is 0 Å². The number of aryl methyl sites for hydroxylation is 2. The molecule has 0 heterocycles. The largest absolute Gasteiger partial charge is 0.389 e. The van der Waals surface area contributed by atoms with Gasteiger partial charge in [0.25, 0.3) is 0 Å². The minimum atomic E-state index is -0.673. The van der Waals surface area contributed by atoms with Crippen molar-refractivity contribution in [3.63, 3.8) is 0 Å². The minimum Gasteiger partial charge on any atom is -0.389 e. The number of ether oxygens (including phenoxy) is 1. The molecule has 1 atom stereocenters. The number of hydrogen-bond acceptors (Lipinski definition) is 3. The third kappa shape index (κ3) is 5.73. The number of carbonyl (C=O) groups excluding carboxylic acids is 1. The molecule has 1 aliphatic rings. The highest BCUT2D eigenvalue weighted by molar-refractivity contribution is 5.90. The van der Waals surface area contributed by atoms with Crippen molar-refractivity contribution in [3.05, 3.63) is 29.3 Å². The van der Waals surface area contributed by atoms with Gasteiger partial charge in [-0.15, -0.1) is 0 Å². The molecule has 2 amide bonds. The maximum absolute atomic E-state index is 11.8. The van der Waals surface area contributed by atoms with Gasteiger partial charge in [-0.05, 0) is 49.8 Å². The van der Waals surface area contributed by atoms with Crippen LogP contribution in [0.3, 0.4) is 0 Å². The molecule has 1 unspecified atom stereocenters. The summed E-state index contributed by atoms with van der Waals surface area (Å²) in [4.78, 5) is 11.8. The number of carbonyl (C=O) groups is 1. The second-order valence-corrected chi connectivity index (χ2v) is 5.79. The Morgan fingerprint density at radius 2 is 2.19 bits per heavy atom. The lowest BCUT2D eigenvalue weighted by Gasteiger charge is -2.14. The van der Waals surface area contributed by atoms with Crippen LogP contribution in [-0.2, 0) is 4.74 Å². The first-order valence-corrected chi connectivity index (χ1v) is 7.42. The Hall–Kier alpha value is -1.59. The third-order valence-electron chi connectivity index (χ3n) is 3.50. The molecule has 3 N–H and O–H groups in total. The third-order valence-corrected chi connectivity index (χ3v) is 3.50. The predicted octanol–water partition coefficient (Wildman–Crippen LogP) is 2.21. The summed E-state index contributed by atoms with van der Waals surface area (Å²) < 4.78 is 5.38. The molecule has 116 valence electrons. The molecule has 5 heteroatoms. The summed E-state index contributed by atoms with van der Waals surface area (Å²) in [5.74, 6) is 0.678. The molecule has 0 aliphatic heterocycles. The smallest absolute Gasteiger partial charge is 0.319 e. The van der Waals surface area contributed by atoms with Crippen LogP contribution in [0.4, 0.5) is 10.5 Å². The van der Waals surface area contributed by atoms with Gasteiger partial charge in [0, 0.05) is 18.8 Å². The number of benzene rings is 1. The van der Waals surface area contributed by atoms with Crippen molar-refractivity contribution in [1.82, 2.24) is 5.32 Å². The van der Waals surface area contributed by atoms with Crippen molar-refractivity contribution in [2.24, 2.45) is 5.92 Å². The molecular weight excluding hydrogens is 268 g/mol. The molecular formula is C16H24N2O3. The van der Waals surface area contributed by atoms with E-state index in [0.717, 1.165) is 16.8 Å². The topological polar surface area (TPSA) is 70.6 Å². The summed E-state index contributed by atoms with van der Waals surface area (Å²) in [5.41, 5.74) is 2.88. The maximum Gasteiger partial charge on any atom is 0.319 e. The quantitative estimate of drug-likeness (QED) is 0.721. The fraction of sp³-hybridized carbons (Fsp3) is 0.562. The van der Waals surface area contributed by atoms with Gasteiger partial charge in [0.2, 0.25) is 0 Å². The van der Waals surface area contributed by atoms with Crippen LogP contribution in [-0.4, -0.2) is 37.0 Å². The molecule has 0 radical (unpaired) electrons. The van der Waals surface area contributed by atoms with Gasteiger partial charge in [-0.1, -0.05) is 12.1 Å². The molecule has 0 aromatic heterocycles. The van der Waals surface area contributed by atoms with Crippen LogP contribution < -0.4 is 10.6 Å². The van der Waals surface area contributed by atoms with Gasteiger partial charge in [-0.25, -0.2) is 4.79 Å². The number of urea groups is 1. The number of nitrogens with one attached hydrogen (secondary N) is 2. The number of aliphatic hydroxyl groups is 1. The molecule has 0 spiro atoms. The molecule has 1 aromatic carbocycles. The number of aliphatic hydroxyl groups excluding tert-OH is 1. The zero-order valence-electron chi connectivity index (χ0n) is 12.7. The van der Waals surface area contributed by atoms with Crippen molar-refractivity contribution in [2.75, 3.05) is 25.1 Å². The lowest BCUT2D eigenvalue weighted by Crippen LogP contribution is -2.37. The zero-order valence-corrected chi connectivity index (χ0v) is 12.7. The molecule has 2 rings (SSSR count). The standard InChI is InChI=1S/C16H24N2O3/c1-11-3-4-12(2)15(7-11)18-16(20)17-8-14(19)10-21-9-13-5-6-13/h3-4,7,13-14,19H,5-6,8-10H2,1-2H3,(H2,17,18,20). The van der Waals surface area contributed by atoms with Crippen LogP contribution in [0.15, 0.2) is 18.2 Å². The van der Waals surface area contributed by atoms with Crippen molar-refractivity contribution in [2.45, 2.75) is 32.8 Å². The molecule has 1 aliphatic carbocycles. The lowest BCUT2D eigenvalue weighted by molar-refractivity contribution is 0.0339. The molecule has 0 bridgehead atoms. The molecule has 5 nitrogen and oxygen atoms in total. The Bertz CT molecular complexity index is 486. The van der Waals surface area contributed by atoms with E-state index >= 15 is 0 Å². The monoisotopic (exact) mass is 292 g/mol. The highest BCUT2D eigenvalue weighted by Crippen LogP contribution is 2.28. The van der Waals surface area contributed by atoms with E-state index in [4.69, 9.17) is 4.74 Å². The molecule has 1 aromatic rings. The Labute approximate surface area is 125 Å². The summed E-state index contributed by atoms with van der Waals surface area (Å²) in [5, 5.41) is 15.2. The normalized spacial score (nSPS) is 15.6. The lowest BCUT2D eigenvalue weighted by atomic mass is 10.1. The maximum atomic E-state index is 11.8. The number of rotatable bonds is 7. The van der Waals surface area contributed by atoms with E-state index in [1.807, 2.05) is 32.0 Å². The van der Waals surface area contributed by atoms with E-state index in [1.165, 1.54) is 12.8 Å². The van der Waals surface area contributed by atoms with Crippen LogP contribution in [0.1, 0.15) is 24.0 Å². The summed E-state index contributed by atoms with van der Waals surface area (Å²) in [7, 11) is 0. The molecule has 1 fully saturated rings. The Morgan fingerprint density at radius 1 is 1.43 bits per heavy atom. The van der Waals surface area contributed by atoms with Gasteiger partial charge in [0.05, 0.1) is 12.7 Å². The van der Waals surface area contributed by atoms with Gasteiger partial charge < -0.3 is 20.5 Å². The van der Waals surface area contributed by atoms with Crippen LogP contribution in [0.2, 0.25) is 0 Å². The van der Waals surface area contributed by atoms with Gasteiger partial charge >= 0.3 is 6.03 Å². The highest BCUT2D eigenvalue weighted by atomic mass is 16.5. The fourth-order valence-corrected chi connectivity index (χ4v) is 1.96. The highest BCUT2D eigenvalue weighted by Gasteiger charge is 2.21. The predicted molar refractivity (Wildman–Crippen MR) is 82.5 cm³/mol. The van der Waals surface area contributed by atoms with Crippen LogP contribution in [0, 0.1) is 19.8 Å². The number of anilines is 1. The van der Waals surface area contributed by atoms with E-state index < -0.39 is 6.10 Å². The molecule has 0 saturated heterocycles. The van der Waals surface area contributed by atoms with Crippen LogP contribution >= 0.6 is 0 Å². The van der Waals surface area contributed by atoms with Gasteiger partial charge in [-0.2, -0.15) is 0 Å². The minimum absolute atomic E-state index is 0.182. The first-order valence-electron chi connectivity index (χ1n) is 7.42. The van der Waals surface area contributed by atoms with Crippen molar-refractivity contribution < 1.29 is 14.6 Å². The second-order valence-electron chi connectivity index (χ2n) is 5.79. The first kappa shape index (κ1) is 15.8. The van der Waals surface area contributed by atoms with Crippen molar-refractivity contribution in [1.29, 1.82) is 0 Å². The zero-order chi connectivity index (χ0) is 15.2. The fourth-order valence-electron chi connectivity index (χ4n) is 1.96. The summed E-state index contributed by atoms with van der Waals surface area (Å²) in [6, 6.07) is 5.57. The van der Waals surface area contributed by atoms with Crippen molar-refractivity contribution in [3.8, 4) is 0 Å². The molecule has 1 saturated carbocycles. The van der Waals surface area contributed by atoms with Crippen molar-refractivity contribution >= 4 is 11.7 Å². The molecule has 21 heavy (non-hydrogen) atoms. The second kappa shape index (κ2) is 7.43. The average molecular weight is 292 g/mol. The first-order chi connectivity index (χ1) is 10.0. The van der Waals surface area contributed by atoms with Gasteiger partial charge in [0.1, 0.15) is 0 Å². The summed E-state index contributed by atoms with van der Waals surface area (Å²) in [6.45, 7) is 5.08.